The van der Waals surface area contributed by atoms with Crippen molar-refractivity contribution in [1.82, 2.24) is 5.32 Å². The summed E-state index contributed by atoms with van der Waals surface area (Å²) in [5, 5.41) is 3.30. The van der Waals surface area contributed by atoms with Gasteiger partial charge in [0.1, 0.15) is 0 Å². The van der Waals surface area contributed by atoms with Crippen LogP contribution < -0.4 is 5.32 Å². The maximum atomic E-state index is 5.49. The minimum atomic E-state index is 0.616. The highest BCUT2D eigenvalue weighted by atomic mass is 79.9. The molecule has 0 aromatic heterocycles. The standard InChI is InChI=1S/C13H20BrNO2/c1-3-15-9-11-4-5-12(13(14)8-11)10-17-7-6-16-2/h4-5,8,15H,3,6-7,9-10H2,1-2H3. The van der Waals surface area contributed by atoms with Crippen molar-refractivity contribution in [1.29, 1.82) is 0 Å². The van der Waals surface area contributed by atoms with Crippen LogP contribution >= 0.6 is 15.9 Å². The molecule has 3 nitrogen and oxygen atoms in total. The number of benzene rings is 1. The highest BCUT2D eigenvalue weighted by Crippen LogP contribution is 2.19. The highest BCUT2D eigenvalue weighted by Gasteiger charge is 2.01. The second-order valence-corrected chi connectivity index (χ2v) is 4.61. The molecule has 17 heavy (non-hydrogen) atoms. The summed E-state index contributed by atoms with van der Waals surface area (Å²) in [6.45, 7) is 5.87. The summed E-state index contributed by atoms with van der Waals surface area (Å²) in [7, 11) is 1.68. The molecule has 0 saturated carbocycles. The molecule has 96 valence electrons. The molecule has 1 aromatic carbocycles. The third-order valence-electron chi connectivity index (χ3n) is 2.39. The first-order chi connectivity index (χ1) is 8.27. The molecule has 0 heterocycles. The van der Waals surface area contributed by atoms with Gasteiger partial charge < -0.3 is 14.8 Å². The lowest BCUT2D eigenvalue weighted by Gasteiger charge is -2.08. The summed E-state index contributed by atoms with van der Waals surface area (Å²) in [6, 6.07) is 6.36. The first kappa shape index (κ1) is 14.6. The fourth-order valence-electron chi connectivity index (χ4n) is 1.41. The highest BCUT2D eigenvalue weighted by molar-refractivity contribution is 9.10. The molecule has 0 aliphatic rings. The summed E-state index contributed by atoms with van der Waals surface area (Å²) in [5.41, 5.74) is 2.45. The van der Waals surface area contributed by atoms with Gasteiger partial charge in [0, 0.05) is 18.1 Å². The molecular formula is C13H20BrNO2. The molecule has 0 atom stereocenters. The lowest BCUT2D eigenvalue weighted by molar-refractivity contribution is 0.0614. The van der Waals surface area contributed by atoms with Crippen LogP contribution in [0.2, 0.25) is 0 Å². The van der Waals surface area contributed by atoms with Gasteiger partial charge in [-0.1, -0.05) is 35.0 Å². The average molecular weight is 302 g/mol. The lowest BCUT2D eigenvalue weighted by Crippen LogP contribution is -2.11. The molecule has 0 radical (unpaired) electrons. The van der Waals surface area contributed by atoms with E-state index in [0.29, 0.717) is 19.8 Å². The van der Waals surface area contributed by atoms with Gasteiger partial charge in [-0.25, -0.2) is 0 Å². The molecule has 4 heteroatoms. The van der Waals surface area contributed by atoms with Crippen LogP contribution in [0.3, 0.4) is 0 Å². The minimum Gasteiger partial charge on any atom is -0.382 e. The van der Waals surface area contributed by atoms with Crippen molar-refractivity contribution in [3.8, 4) is 0 Å². The van der Waals surface area contributed by atoms with Crippen molar-refractivity contribution in [2.75, 3.05) is 26.9 Å². The molecular weight excluding hydrogens is 282 g/mol. The van der Waals surface area contributed by atoms with Gasteiger partial charge in [-0.05, 0) is 23.7 Å². The third kappa shape index (κ3) is 5.64. The van der Waals surface area contributed by atoms with Crippen molar-refractivity contribution in [2.45, 2.75) is 20.1 Å². The Labute approximate surface area is 112 Å². The van der Waals surface area contributed by atoms with Gasteiger partial charge in [-0.15, -0.1) is 0 Å². The Balaban J connectivity index is 2.45. The Hall–Kier alpha value is -0.420. The van der Waals surface area contributed by atoms with Crippen LogP contribution in [-0.2, 0) is 22.6 Å². The van der Waals surface area contributed by atoms with Crippen molar-refractivity contribution in [2.24, 2.45) is 0 Å². The van der Waals surface area contributed by atoms with Crippen LogP contribution in [0.15, 0.2) is 22.7 Å². The van der Waals surface area contributed by atoms with Gasteiger partial charge in [0.2, 0.25) is 0 Å². The van der Waals surface area contributed by atoms with E-state index in [1.54, 1.807) is 7.11 Å². The second-order valence-electron chi connectivity index (χ2n) is 3.75. The largest absolute Gasteiger partial charge is 0.382 e. The normalized spacial score (nSPS) is 10.8. The van der Waals surface area contributed by atoms with Crippen LogP contribution in [0, 0.1) is 0 Å². The Bertz CT molecular complexity index is 331. The molecule has 0 fully saturated rings. The van der Waals surface area contributed by atoms with Gasteiger partial charge in [0.15, 0.2) is 0 Å². The topological polar surface area (TPSA) is 30.5 Å². The van der Waals surface area contributed by atoms with E-state index >= 15 is 0 Å². The number of hydrogen-bond acceptors (Lipinski definition) is 3. The van der Waals surface area contributed by atoms with E-state index in [-0.39, 0.29) is 0 Å². The fourth-order valence-corrected chi connectivity index (χ4v) is 1.95. The summed E-state index contributed by atoms with van der Waals surface area (Å²) in [6.07, 6.45) is 0. The summed E-state index contributed by atoms with van der Waals surface area (Å²) < 4.78 is 11.5. The third-order valence-corrected chi connectivity index (χ3v) is 3.12. The van der Waals surface area contributed by atoms with Gasteiger partial charge in [-0.3, -0.25) is 0 Å². The van der Waals surface area contributed by atoms with Crippen molar-refractivity contribution in [3.05, 3.63) is 33.8 Å². The van der Waals surface area contributed by atoms with Crippen LogP contribution in [0.1, 0.15) is 18.1 Å². The van der Waals surface area contributed by atoms with E-state index in [1.165, 1.54) is 11.1 Å². The average Bonchev–Trinajstić information content (AvgIpc) is 2.34. The molecule has 1 aromatic rings. The SMILES string of the molecule is CCNCc1ccc(COCCOC)c(Br)c1. The molecule has 1 rings (SSSR count). The first-order valence-corrected chi connectivity index (χ1v) is 6.62. The van der Waals surface area contributed by atoms with E-state index < -0.39 is 0 Å². The maximum Gasteiger partial charge on any atom is 0.0728 e. The van der Waals surface area contributed by atoms with E-state index in [1.807, 2.05) is 0 Å². The lowest BCUT2D eigenvalue weighted by atomic mass is 10.1. The number of methoxy groups -OCH3 is 1. The zero-order chi connectivity index (χ0) is 12.5. The molecule has 0 unspecified atom stereocenters. The maximum absolute atomic E-state index is 5.49. The molecule has 0 bridgehead atoms. The zero-order valence-corrected chi connectivity index (χ0v) is 12.0. The molecule has 0 saturated heterocycles. The van der Waals surface area contributed by atoms with Gasteiger partial charge in [0.05, 0.1) is 19.8 Å². The predicted octanol–water partition coefficient (Wildman–Crippen LogP) is 2.72. The van der Waals surface area contributed by atoms with Crippen LogP contribution in [0.5, 0.6) is 0 Å². The Kier molecular flexibility index (Phi) is 7.44. The quantitative estimate of drug-likeness (QED) is 0.749. The Morgan fingerprint density at radius 1 is 1.29 bits per heavy atom. The smallest absolute Gasteiger partial charge is 0.0728 e. The molecule has 0 aliphatic carbocycles. The van der Waals surface area contributed by atoms with Crippen molar-refractivity contribution >= 4 is 15.9 Å². The number of nitrogens with one attached hydrogen (secondary N) is 1. The van der Waals surface area contributed by atoms with Gasteiger partial charge in [0.25, 0.3) is 0 Å². The molecule has 0 aliphatic heterocycles. The number of ether oxygens (including phenoxy) is 2. The van der Waals surface area contributed by atoms with Crippen molar-refractivity contribution < 1.29 is 9.47 Å². The molecule has 1 N–H and O–H groups in total. The minimum absolute atomic E-state index is 0.616. The van der Waals surface area contributed by atoms with Crippen LogP contribution in [0.4, 0.5) is 0 Å². The molecule has 0 amide bonds. The summed E-state index contributed by atoms with van der Waals surface area (Å²) >= 11 is 3.57. The number of halogens is 1. The summed E-state index contributed by atoms with van der Waals surface area (Å²) in [5.74, 6) is 0. The van der Waals surface area contributed by atoms with E-state index in [2.05, 4.69) is 46.4 Å². The van der Waals surface area contributed by atoms with Gasteiger partial charge in [-0.2, -0.15) is 0 Å². The second kappa shape index (κ2) is 8.64. The van der Waals surface area contributed by atoms with Crippen LogP contribution in [-0.4, -0.2) is 26.9 Å². The Morgan fingerprint density at radius 3 is 2.76 bits per heavy atom. The first-order valence-electron chi connectivity index (χ1n) is 5.82. The monoisotopic (exact) mass is 301 g/mol. The van der Waals surface area contributed by atoms with Gasteiger partial charge >= 0.3 is 0 Å². The predicted molar refractivity (Wildman–Crippen MR) is 73.1 cm³/mol. The van der Waals surface area contributed by atoms with Crippen LogP contribution in [0.25, 0.3) is 0 Å². The zero-order valence-electron chi connectivity index (χ0n) is 10.5. The van der Waals surface area contributed by atoms with Crippen molar-refractivity contribution in [3.63, 3.8) is 0 Å². The number of rotatable bonds is 8. The Morgan fingerprint density at radius 2 is 2.12 bits per heavy atom. The molecule has 0 spiro atoms. The van der Waals surface area contributed by atoms with E-state index in [0.717, 1.165) is 17.6 Å². The van der Waals surface area contributed by atoms with E-state index in [4.69, 9.17) is 9.47 Å². The summed E-state index contributed by atoms with van der Waals surface area (Å²) in [4.78, 5) is 0. The fraction of sp³-hybridized carbons (Fsp3) is 0.538. The number of hydrogen-bond donors (Lipinski definition) is 1. The van der Waals surface area contributed by atoms with E-state index in [9.17, 15) is 0 Å².